The molecule has 22 heavy (non-hydrogen) atoms. The molecule has 0 radical (unpaired) electrons. The van der Waals surface area contributed by atoms with Crippen molar-refractivity contribution in [2.45, 2.75) is 51.5 Å². The predicted octanol–water partition coefficient (Wildman–Crippen LogP) is 3.12. The molecule has 0 bridgehead atoms. The summed E-state index contributed by atoms with van der Waals surface area (Å²) in [4.78, 5) is 22.2. The minimum absolute atomic E-state index is 0.292. The molecule has 1 rings (SSSR count). The number of hydrogen-bond acceptors (Lipinski definition) is 3. The van der Waals surface area contributed by atoms with Crippen molar-refractivity contribution in [1.29, 1.82) is 0 Å². The van der Waals surface area contributed by atoms with Crippen LogP contribution < -0.4 is 0 Å². The Labute approximate surface area is 131 Å². The van der Waals surface area contributed by atoms with Crippen LogP contribution in [0.4, 0.5) is 0 Å². The lowest BCUT2D eigenvalue weighted by atomic mass is 9.90. The molecule has 5 heteroatoms. The van der Waals surface area contributed by atoms with E-state index in [0.717, 1.165) is 19.3 Å². The van der Waals surface area contributed by atoms with E-state index in [1.165, 1.54) is 5.56 Å². The summed E-state index contributed by atoms with van der Waals surface area (Å²) in [7, 11) is 0. The largest absolute Gasteiger partial charge is 0.481 e. The third kappa shape index (κ3) is 5.85. The van der Waals surface area contributed by atoms with Crippen LogP contribution in [0.2, 0.25) is 0 Å². The first kappa shape index (κ1) is 18.2. The number of rotatable bonds is 11. The first-order valence-electron chi connectivity index (χ1n) is 7.79. The number of hydrogen-bond donors (Lipinski definition) is 2. The molecule has 0 heterocycles. The van der Waals surface area contributed by atoms with Crippen LogP contribution in [0.3, 0.4) is 0 Å². The molecule has 122 valence electrons. The molecular weight excluding hydrogens is 282 g/mol. The van der Waals surface area contributed by atoms with E-state index in [1.807, 2.05) is 25.1 Å². The van der Waals surface area contributed by atoms with Gasteiger partial charge in [0, 0.05) is 0 Å². The maximum Gasteiger partial charge on any atom is 0.308 e. The lowest BCUT2D eigenvalue weighted by Gasteiger charge is -2.28. The first-order chi connectivity index (χ1) is 10.6. The molecule has 0 aliphatic carbocycles. The highest BCUT2D eigenvalue weighted by molar-refractivity contribution is 5.71. The monoisotopic (exact) mass is 307 g/mol. The quantitative estimate of drug-likeness (QED) is 0.285. The highest BCUT2D eigenvalue weighted by Gasteiger charge is 2.31. The minimum Gasteiger partial charge on any atom is -0.481 e. The van der Waals surface area contributed by atoms with Crippen molar-refractivity contribution in [3.63, 3.8) is 0 Å². The lowest BCUT2D eigenvalue weighted by molar-refractivity contribution is -0.173. The van der Waals surface area contributed by atoms with Crippen molar-refractivity contribution < 1.29 is 19.9 Å². The van der Waals surface area contributed by atoms with Gasteiger partial charge < -0.3 is 5.11 Å². The first-order valence-corrected chi connectivity index (χ1v) is 7.79. The van der Waals surface area contributed by atoms with Crippen LogP contribution in [0.25, 0.3) is 0 Å². The zero-order valence-corrected chi connectivity index (χ0v) is 13.0. The van der Waals surface area contributed by atoms with Crippen LogP contribution in [0.5, 0.6) is 0 Å². The van der Waals surface area contributed by atoms with Crippen molar-refractivity contribution in [2.24, 2.45) is 5.92 Å². The van der Waals surface area contributed by atoms with Gasteiger partial charge in [-0.15, -0.1) is 0 Å². The van der Waals surface area contributed by atoms with E-state index in [1.54, 1.807) is 0 Å². The number of nitrogens with zero attached hydrogens (tertiary/aromatic N) is 1. The van der Waals surface area contributed by atoms with Gasteiger partial charge >= 0.3 is 5.97 Å². The van der Waals surface area contributed by atoms with Crippen LogP contribution in [0, 0.1) is 5.92 Å². The molecule has 1 amide bonds. The van der Waals surface area contributed by atoms with Gasteiger partial charge in [-0.3, -0.25) is 14.8 Å². The van der Waals surface area contributed by atoms with Crippen molar-refractivity contribution >= 4 is 12.4 Å². The summed E-state index contributed by atoms with van der Waals surface area (Å²) in [5.74, 6) is -1.69. The van der Waals surface area contributed by atoms with E-state index in [-0.39, 0.29) is 0 Å². The van der Waals surface area contributed by atoms with Crippen LogP contribution in [-0.2, 0) is 16.0 Å². The number of aliphatic carboxylic acids is 1. The Kier molecular flexibility index (Phi) is 8.22. The molecule has 2 N–H and O–H groups in total. The smallest absolute Gasteiger partial charge is 0.308 e. The van der Waals surface area contributed by atoms with Crippen molar-refractivity contribution in [1.82, 2.24) is 5.06 Å². The average Bonchev–Trinajstić information content (AvgIpc) is 2.53. The summed E-state index contributed by atoms with van der Waals surface area (Å²) in [5.41, 5.74) is 1.23. The van der Waals surface area contributed by atoms with Gasteiger partial charge in [-0.05, 0) is 31.2 Å². The number of carbonyl (C=O) groups excluding carboxylic acids is 1. The molecule has 5 nitrogen and oxygen atoms in total. The van der Waals surface area contributed by atoms with Crippen LogP contribution in [0.15, 0.2) is 30.3 Å². The van der Waals surface area contributed by atoms with Crippen LogP contribution in [0.1, 0.15) is 44.6 Å². The van der Waals surface area contributed by atoms with E-state index < -0.39 is 17.9 Å². The predicted molar refractivity (Wildman–Crippen MR) is 83.5 cm³/mol. The zero-order valence-electron chi connectivity index (χ0n) is 13.0. The van der Waals surface area contributed by atoms with Gasteiger partial charge in [-0.25, -0.2) is 5.06 Å². The Balaban J connectivity index is 2.52. The SMILES string of the molecule is CCCC(C(CCCCc1ccccc1)C(=O)O)N(O)C=O. The highest BCUT2D eigenvalue weighted by Crippen LogP contribution is 2.21. The zero-order chi connectivity index (χ0) is 16.4. The maximum absolute atomic E-state index is 11.4. The second kappa shape index (κ2) is 9.95. The highest BCUT2D eigenvalue weighted by atomic mass is 16.5. The number of hydroxylamine groups is 2. The Morgan fingerprint density at radius 3 is 2.45 bits per heavy atom. The number of carboxylic acids is 1. The summed E-state index contributed by atoms with van der Waals surface area (Å²) in [6, 6.07) is 9.39. The number of benzene rings is 1. The third-order valence-electron chi connectivity index (χ3n) is 3.89. The van der Waals surface area contributed by atoms with E-state index in [9.17, 15) is 19.9 Å². The van der Waals surface area contributed by atoms with E-state index in [0.29, 0.717) is 30.7 Å². The third-order valence-corrected chi connectivity index (χ3v) is 3.89. The fourth-order valence-electron chi connectivity index (χ4n) is 2.71. The molecule has 1 aromatic rings. The maximum atomic E-state index is 11.4. The van der Waals surface area contributed by atoms with Gasteiger partial charge in [0.25, 0.3) is 0 Å². The van der Waals surface area contributed by atoms with Gasteiger partial charge in [-0.2, -0.15) is 0 Å². The molecule has 0 aliphatic heterocycles. The summed E-state index contributed by atoms with van der Waals surface area (Å²) >= 11 is 0. The Hall–Kier alpha value is -1.88. The van der Waals surface area contributed by atoms with Crippen LogP contribution in [-0.4, -0.2) is 33.8 Å². The van der Waals surface area contributed by atoms with Gasteiger partial charge in [0.2, 0.25) is 6.41 Å². The van der Waals surface area contributed by atoms with Crippen molar-refractivity contribution in [2.75, 3.05) is 0 Å². The van der Waals surface area contributed by atoms with E-state index >= 15 is 0 Å². The number of amides is 1. The summed E-state index contributed by atoms with van der Waals surface area (Å²) in [6.45, 7) is 1.90. The molecular formula is C17H25NO4. The van der Waals surface area contributed by atoms with Gasteiger partial charge in [0.1, 0.15) is 0 Å². The minimum atomic E-state index is -0.959. The van der Waals surface area contributed by atoms with Gasteiger partial charge in [0.05, 0.1) is 12.0 Å². The lowest BCUT2D eigenvalue weighted by Crippen LogP contribution is -2.41. The van der Waals surface area contributed by atoms with Crippen molar-refractivity contribution in [3.05, 3.63) is 35.9 Å². The van der Waals surface area contributed by atoms with E-state index in [4.69, 9.17) is 0 Å². The molecule has 2 atom stereocenters. The van der Waals surface area contributed by atoms with Gasteiger partial charge in [-0.1, -0.05) is 50.1 Å². The fourth-order valence-corrected chi connectivity index (χ4v) is 2.71. The Morgan fingerprint density at radius 1 is 1.23 bits per heavy atom. The summed E-state index contributed by atoms with van der Waals surface area (Å²) in [5, 5.41) is 19.5. The number of carboxylic acid groups (broad SMARTS) is 1. The van der Waals surface area contributed by atoms with Crippen molar-refractivity contribution in [3.8, 4) is 0 Å². The molecule has 2 unspecified atom stereocenters. The summed E-state index contributed by atoms with van der Waals surface area (Å²) < 4.78 is 0. The molecule has 0 spiro atoms. The number of unbranched alkanes of at least 4 members (excludes halogenated alkanes) is 1. The van der Waals surface area contributed by atoms with Gasteiger partial charge in [0.15, 0.2) is 0 Å². The Morgan fingerprint density at radius 2 is 1.91 bits per heavy atom. The second-order valence-corrected chi connectivity index (χ2v) is 5.52. The van der Waals surface area contributed by atoms with E-state index in [2.05, 4.69) is 12.1 Å². The second-order valence-electron chi connectivity index (χ2n) is 5.52. The Bertz CT molecular complexity index is 449. The standard InChI is InChI=1S/C17H25NO4/c1-2-8-16(18(22)13-19)15(17(20)21)12-7-6-11-14-9-4-3-5-10-14/h3-5,9-10,13,15-16,22H,2,6-8,11-12H2,1H3,(H,20,21). The molecule has 0 saturated heterocycles. The molecule has 0 aromatic heterocycles. The molecule has 0 aliphatic rings. The molecule has 0 fully saturated rings. The molecule has 0 saturated carbocycles. The normalized spacial score (nSPS) is 13.4. The number of carbonyl (C=O) groups is 2. The number of aryl methyl sites for hydroxylation is 1. The fraction of sp³-hybridized carbons (Fsp3) is 0.529. The molecule has 1 aromatic carbocycles. The average molecular weight is 307 g/mol. The van der Waals surface area contributed by atoms with Crippen LogP contribution >= 0.6 is 0 Å². The summed E-state index contributed by atoms with van der Waals surface area (Å²) in [6.07, 6.45) is 4.48. The topological polar surface area (TPSA) is 77.8 Å².